The third-order valence-electron chi connectivity index (χ3n) is 6.68. The third-order valence-corrected chi connectivity index (χ3v) is 6.68. The second-order valence-corrected chi connectivity index (χ2v) is 8.54. The highest BCUT2D eigenvalue weighted by atomic mass is 16.1. The summed E-state index contributed by atoms with van der Waals surface area (Å²) in [5.74, 6) is 0.626. The molecule has 0 aromatic heterocycles. The molecule has 3 aliphatic rings. The molecule has 0 unspecified atom stereocenters. The van der Waals surface area contributed by atoms with E-state index in [9.17, 15) is 4.79 Å². The van der Waals surface area contributed by atoms with E-state index in [2.05, 4.69) is 40.5 Å². The van der Waals surface area contributed by atoms with Crippen LogP contribution in [0.3, 0.4) is 0 Å². The zero-order valence-corrected chi connectivity index (χ0v) is 15.4. The Bertz CT molecular complexity index is 567. The first kappa shape index (κ1) is 17.1. The van der Waals surface area contributed by atoms with Gasteiger partial charge in [-0.2, -0.15) is 0 Å². The molecule has 0 atom stereocenters. The quantitative estimate of drug-likeness (QED) is 0.882. The van der Waals surface area contributed by atoms with Crippen molar-refractivity contribution in [2.45, 2.75) is 69.2 Å². The molecule has 4 rings (SSSR count). The highest BCUT2D eigenvalue weighted by Gasteiger charge is 2.45. The predicted octanol–water partition coefficient (Wildman–Crippen LogP) is 3.88. The Morgan fingerprint density at radius 2 is 1.68 bits per heavy atom. The molecule has 1 N–H and O–H groups in total. The number of carbonyl (C=O) groups is 1. The Balaban J connectivity index is 1.24. The van der Waals surface area contributed by atoms with E-state index in [1.54, 1.807) is 0 Å². The molecule has 0 spiro atoms. The van der Waals surface area contributed by atoms with Crippen LogP contribution in [0, 0.1) is 5.92 Å². The first-order chi connectivity index (χ1) is 12.3. The van der Waals surface area contributed by atoms with Crippen molar-refractivity contribution < 1.29 is 4.79 Å². The first-order valence-electron chi connectivity index (χ1n) is 10.3. The molecule has 25 heavy (non-hydrogen) atoms. The summed E-state index contributed by atoms with van der Waals surface area (Å²) in [6.45, 7) is 3.45. The normalized spacial score (nSPS) is 24.8. The zero-order valence-electron chi connectivity index (χ0n) is 15.4. The van der Waals surface area contributed by atoms with E-state index in [0.29, 0.717) is 23.3 Å². The summed E-state index contributed by atoms with van der Waals surface area (Å²) in [6.07, 6.45) is 10.9. The highest BCUT2D eigenvalue weighted by Crippen LogP contribution is 2.48. The van der Waals surface area contributed by atoms with Gasteiger partial charge in [-0.05, 0) is 44.1 Å². The van der Waals surface area contributed by atoms with Crippen LogP contribution < -0.4 is 5.32 Å². The first-order valence-corrected chi connectivity index (χ1v) is 10.3. The lowest BCUT2D eigenvalue weighted by atomic mass is 9.88. The van der Waals surface area contributed by atoms with Crippen molar-refractivity contribution in [3.05, 3.63) is 35.9 Å². The van der Waals surface area contributed by atoms with Gasteiger partial charge in [-0.1, -0.05) is 49.6 Å². The lowest BCUT2D eigenvalue weighted by Gasteiger charge is -2.35. The molecule has 1 aromatic carbocycles. The van der Waals surface area contributed by atoms with Crippen LogP contribution in [-0.4, -0.2) is 36.5 Å². The monoisotopic (exact) mass is 340 g/mol. The van der Waals surface area contributed by atoms with Crippen LogP contribution in [0.2, 0.25) is 0 Å². The second-order valence-electron chi connectivity index (χ2n) is 8.54. The maximum atomic E-state index is 12.4. The Morgan fingerprint density at radius 1 is 1.00 bits per heavy atom. The summed E-state index contributed by atoms with van der Waals surface area (Å²) in [5.41, 5.74) is 1.93. The molecule has 3 fully saturated rings. The van der Waals surface area contributed by atoms with Gasteiger partial charge in [0.25, 0.3) is 0 Å². The van der Waals surface area contributed by atoms with E-state index >= 15 is 0 Å². The van der Waals surface area contributed by atoms with Crippen molar-refractivity contribution in [3.63, 3.8) is 0 Å². The van der Waals surface area contributed by atoms with Gasteiger partial charge in [0.05, 0.1) is 0 Å². The Hall–Kier alpha value is -1.35. The maximum Gasteiger partial charge on any atom is 0.223 e. The average molecular weight is 341 g/mol. The van der Waals surface area contributed by atoms with Crippen LogP contribution in [0.15, 0.2) is 30.3 Å². The lowest BCUT2D eigenvalue weighted by Crippen LogP contribution is -2.48. The summed E-state index contributed by atoms with van der Waals surface area (Å²) in [7, 11) is 0. The van der Waals surface area contributed by atoms with Gasteiger partial charge >= 0.3 is 0 Å². The number of hydrogen-bond acceptors (Lipinski definition) is 2. The zero-order chi connectivity index (χ0) is 17.1. The summed E-state index contributed by atoms with van der Waals surface area (Å²) in [6, 6.07) is 11.4. The van der Waals surface area contributed by atoms with Crippen LogP contribution in [0.25, 0.3) is 0 Å². The Morgan fingerprint density at radius 3 is 2.32 bits per heavy atom. The van der Waals surface area contributed by atoms with E-state index in [1.165, 1.54) is 44.2 Å². The smallest absolute Gasteiger partial charge is 0.223 e. The molecule has 1 saturated heterocycles. The molecule has 1 heterocycles. The van der Waals surface area contributed by atoms with Gasteiger partial charge in [0, 0.05) is 37.0 Å². The largest absolute Gasteiger partial charge is 0.353 e. The van der Waals surface area contributed by atoms with E-state index in [4.69, 9.17) is 0 Å². The number of benzene rings is 1. The number of hydrogen-bond donors (Lipinski definition) is 1. The molecule has 136 valence electrons. The second kappa shape index (κ2) is 7.49. The molecule has 0 bridgehead atoms. The summed E-state index contributed by atoms with van der Waals surface area (Å²) in [5, 5.41) is 3.35. The number of likely N-dealkylation sites (tertiary alicyclic amines) is 1. The van der Waals surface area contributed by atoms with Crippen molar-refractivity contribution in [1.29, 1.82) is 0 Å². The van der Waals surface area contributed by atoms with Crippen LogP contribution in [0.4, 0.5) is 0 Å². The summed E-state index contributed by atoms with van der Waals surface area (Å²) >= 11 is 0. The number of carbonyl (C=O) groups excluding carboxylic acids is 1. The van der Waals surface area contributed by atoms with Gasteiger partial charge in [-0.15, -0.1) is 0 Å². The number of amides is 1. The van der Waals surface area contributed by atoms with E-state index in [-0.39, 0.29) is 0 Å². The fourth-order valence-electron chi connectivity index (χ4n) is 4.83. The summed E-state index contributed by atoms with van der Waals surface area (Å²) < 4.78 is 0. The molecule has 0 radical (unpaired) electrons. The van der Waals surface area contributed by atoms with Gasteiger partial charge in [0.2, 0.25) is 5.91 Å². The van der Waals surface area contributed by atoms with Crippen LogP contribution in [-0.2, 0) is 10.2 Å². The van der Waals surface area contributed by atoms with Crippen molar-refractivity contribution in [2.75, 3.05) is 19.6 Å². The molecule has 1 amide bonds. The number of rotatable bonds is 5. The van der Waals surface area contributed by atoms with Crippen LogP contribution >= 0.6 is 0 Å². The van der Waals surface area contributed by atoms with Crippen LogP contribution in [0.1, 0.15) is 63.4 Å². The Labute approximate surface area is 152 Å². The lowest BCUT2D eigenvalue weighted by molar-refractivity contribution is -0.127. The standard InChI is InChI=1S/C22H32N2O/c25-21(18-7-3-1-4-8-18)23-20-11-15-24(16-12-20)17-22(13-14-22)19-9-5-2-6-10-19/h2,5-6,9-10,18,20H,1,3-4,7-8,11-17H2,(H,23,25). The number of nitrogens with zero attached hydrogens (tertiary/aromatic N) is 1. The molecule has 2 saturated carbocycles. The van der Waals surface area contributed by atoms with Gasteiger partial charge in [0.15, 0.2) is 0 Å². The van der Waals surface area contributed by atoms with Gasteiger partial charge in [0.1, 0.15) is 0 Å². The minimum Gasteiger partial charge on any atom is -0.353 e. The molecule has 3 heteroatoms. The van der Waals surface area contributed by atoms with Gasteiger partial charge < -0.3 is 10.2 Å². The van der Waals surface area contributed by atoms with E-state index in [1.807, 2.05) is 0 Å². The molecular weight excluding hydrogens is 308 g/mol. The third kappa shape index (κ3) is 4.08. The van der Waals surface area contributed by atoms with Crippen molar-refractivity contribution >= 4 is 5.91 Å². The van der Waals surface area contributed by atoms with Crippen molar-refractivity contribution in [2.24, 2.45) is 5.92 Å². The average Bonchev–Trinajstić information content (AvgIpc) is 3.45. The Kier molecular flexibility index (Phi) is 5.12. The maximum absolute atomic E-state index is 12.4. The van der Waals surface area contributed by atoms with Crippen molar-refractivity contribution in [3.8, 4) is 0 Å². The van der Waals surface area contributed by atoms with Crippen LogP contribution in [0.5, 0.6) is 0 Å². The molecule has 1 aromatic rings. The predicted molar refractivity (Wildman–Crippen MR) is 102 cm³/mol. The number of nitrogens with one attached hydrogen (secondary N) is 1. The minimum absolute atomic E-state index is 0.291. The number of piperidine rings is 1. The molecule has 3 nitrogen and oxygen atoms in total. The fourth-order valence-corrected chi connectivity index (χ4v) is 4.83. The van der Waals surface area contributed by atoms with E-state index in [0.717, 1.165) is 38.8 Å². The summed E-state index contributed by atoms with van der Waals surface area (Å²) in [4.78, 5) is 15.1. The SMILES string of the molecule is O=C(NC1CCN(CC2(c3ccccc3)CC2)CC1)C1CCCCC1. The molecule has 2 aliphatic carbocycles. The fraction of sp³-hybridized carbons (Fsp3) is 0.682. The highest BCUT2D eigenvalue weighted by molar-refractivity contribution is 5.79. The van der Waals surface area contributed by atoms with Gasteiger partial charge in [-0.25, -0.2) is 0 Å². The molecular formula is C22H32N2O. The van der Waals surface area contributed by atoms with Gasteiger partial charge in [-0.3, -0.25) is 4.79 Å². The minimum atomic E-state index is 0.291. The van der Waals surface area contributed by atoms with E-state index < -0.39 is 0 Å². The van der Waals surface area contributed by atoms with Crippen molar-refractivity contribution in [1.82, 2.24) is 10.2 Å². The molecule has 1 aliphatic heterocycles. The topological polar surface area (TPSA) is 32.3 Å².